The monoisotopic (exact) mass is 380 g/mol. The SMILES string of the molecule is COc1ccccc1CCC(=O)N1CCN(Cc2ccc3c(c2)CCO3)CC1. The van der Waals surface area contributed by atoms with E-state index in [1.807, 2.05) is 29.2 Å². The molecule has 1 saturated heterocycles. The van der Waals surface area contributed by atoms with Crippen molar-refractivity contribution in [2.24, 2.45) is 0 Å². The lowest BCUT2D eigenvalue weighted by molar-refractivity contribution is -0.133. The van der Waals surface area contributed by atoms with Gasteiger partial charge in [-0.2, -0.15) is 0 Å². The van der Waals surface area contributed by atoms with Crippen molar-refractivity contribution in [1.82, 2.24) is 9.80 Å². The molecule has 5 nitrogen and oxygen atoms in total. The van der Waals surface area contributed by atoms with Gasteiger partial charge in [0.05, 0.1) is 13.7 Å². The fraction of sp³-hybridized carbons (Fsp3) is 0.435. The van der Waals surface area contributed by atoms with Gasteiger partial charge in [0.2, 0.25) is 5.91 Å². The van der Waals surface area contributed by atoms with Crippen molar-refractivity contribution < 1.29 is 14.3 Å². The van der Waals surface area contributed by atoms with Gasteiger partial charge in [0.1, 0.15) is 11.5 Å². The van der Waals surface area contributed by atoms with Crippen molar-refractivity contribution in [1.29, 1.82) is 0 Å². The summed E-state index contributed by atoms with van der Waals surface area (Å²) in [5.41, 5.74) is 3.75. The molecule has 0 aliphatic carbocycles. The molecule has 0 spiro atoms. The quantitative estimate of drug-likeness (QED) is 0.773. The van der Waals surface area contributed by atoms with Crippen LogP contribution in [0.3, 0.4) is 0 Å². The maximum absolute atomic E-state index is 12.6. The van der Waals surface area contributed by atoms with Crippen molar-refractivity contribution in [2.45, 2.75) is 25.8 Å². The lowest BCUT2D eigenvalue weighted by Gasteiger charge is -2.35. The average molecular weight is 380 g/mol. The van der Waals surface area contributed by atoms with E-state index >= 15 is 0 Å². The predicted molar refractivity (Wildman–Crippen MR) is 109 cm³/mol. The third-order valence-corrected chi connectivity index (χ3v) is 5.69. The normalized spacial score (nSPS) is 16.5. The van der Waals surface area contributed by atoms with Gasteiger partial charge in [0, 0.05) is 45.6 Å². The summed E-state index contributed by atoms with van der Waals surface area (Å²) in [4.78, 5) is 17.1. The fourth-order valence-corrected chi connectivity index (χ4v) is 4.06. The molecule has 0 unspecified atom stereocenters. The first-order valence-electron chi connectivity index (χ1n) is 10.1. The van der Waals surface area contributed by atoms with Crippen molar-refractivity contribution in [3.8, 4) is 11.5 Å². The Labute approximate surface area is 166 Å². The number of amides is 1. The van der Waals surface area contributed by atoms with Crippen LogP contribution in [0.4, 0.5) is 0 Å². The predicted octanol–water partition coefficient (Wildman–Crippen LogP) is 2.91. The first-order chi connectivity index (χ1) is 13.7. The number of benzene rings is 2. The molecule has 1 amide bonds. The van der Waals surface area contributed by atoms with Gasteiger partial charge in [-0.3, -0.25) is 9.69 Å². The minimum Gasteiger partial charge on any atom is -0.496 e. The highest BCUT2D eigenvalue weighted by atomic mass is 16.5. The van der Waals surface area contributed by atoms with E-state index in [2.05, 4.69) is 23.1 Å². The zero-order valence-electron chi connectivity index (χ0n) is 16.5. The Hall–Kier alpha value is -2.53. The van der Waals surface area contributed by atoms with E-state index in [0.717, 1.165) is 69.2 Å². The number of aryl methyl sites for hydroxylation is 1. The minimum absolute atomic E-state index is 0.236. The summed E-state index contributed by atoms with van der Waals surface area (Å²) in [5, 5.41) is 0. The van der Waals surface area contributed by atoms with Gasteiger partial charge < -0.3 is 14.4 Å². The summed E-state index contributed by atoms with van der Waals surface area (Å²) in [6.07, 6.45) is 2.27. The minimum atomic E-state index is 0.236. The lowest BCUT2D eigenvalue weighted by Crippen LogP contribution is -2.48. The van der Waals surface area contributed by atoms with Crippen LogP contribution in [0.5, 0.6) is 11.5 Å². The van der Waals surface area contributed by atoms with E-state index in [1.54, 1.807) is 7.11 Å². The number of fused-ring (bicyclic) bond motifs is 1. The van der Waals surface area contributed by atoms with E-state index in [9.17, 15) is 4.79 Å². The Balaban J connectivity index is 1.25. The average Bonchev–Trinajstić information content (AvgIpc) is 3.20. The maximum Gasteiger partial charge on any atom is 0.222 e. The summed E-state index contributed by atoms with van der Waals surface area (Å²) < 4.78 is 11.0. The molecule has 2 heterocycles. The van der Waals surface area contributed by atoms with Crippen LogP contribution in [-0.4, -0.2) is 55.6 Å². The highest BCUT2D eigenvalue weighted by Gasteiger charge is 2.22. The molecule has 2 aliphatic heterocycles. The topological polar surface area (TPSA) is 42.0 Å². The Kier molecular flexibility index (Phi) is 5.81. The molecule has 0 saturated carbocycles. The number of piperazine rings is 1. The summed E-state index contributed by atoms with van der Waals surface area (Å²) >= 11 is 0. The second-order valence-electron chi connectivity index (χ2n) is 7.51. The summed E-state index contributed by atoms with van der Waals surface area (Å²) in [5.74, 6) is 2.13. The van der Waals surface area contributed by atoms with Crippen molar-refractivity contribution in [3.05, 3.63) is 59.2 Å². The molecular formula is C23H28N2O3. The molecule has 0 atom stereocenters. The van der Waals surface area contributed by atoms with Crippen LogP contribution >= 0.6 is 0 Å². The second-order valence-corrected chi connectivity index (χ2v) is 7.51. The molecule has 4 rings (SSSR count). The van der Waals surface area contributed by atoms with Crippen molar-refractivity contribution >= 4 is 5.91 Å². The first-order valence-corrected chi connectivity index (χ1v) is 10.1. The number of carbonyl (C=O) groups excluding carboxylic acids is 1. The van der Waals surface area contributed by atoms with E-state index in [-0.39, 0.29) is 5.91 Å². The molecule has 148 valence electrons. The van der Waals surface area contributed by atoms with Gasteiger partial charge in [0.25, 0.3) is 0 Å². The number of methoxy groups -OCH3 is 1. The Morgan fingerprint density at radius 2 is 1.93 bits per heavy atom. The molecule has 0 bridgehead atoms. The van der Waals surface area contributed by atoms with Gasteiger partial charge in [-0.05, 0) is 35.2 Å². The van der Waals surface area contributed by atoms with E-state index < -0.39 is 0 Å². The highest BCUT2D eigenvalue weighted by Crippen LogP contribution is 2.26. The standard InChI is InChI=1S/C23H28N2O3/c1-27-21-5-3-2-4-19(21)7-9-23(26)25-13-11-24(12-14-25)17-18-6-8-22-20(16-18)10-15-28-22/h2-6,8,16H,7,9-15,17H2,1H3. The van der Waals surface area contributed by atoms with E-state index in [1.165, 1.54) is 11.1 Å². The zero-order chi connectivity index (χ0) is 19.3. The maximum atomic E-state index is 12.6. The van der Waals surface area contributed by atoms with Crippen LogP contribution in [0.25, 0.3) is 0 Å². The molecule has 2 aromatic rings. The third kappa shape index (κ3) is 4.30. The van der Waals surface area contributed by atoms with E-state index in [4.69, 9.17) is 9.47 Å². The summed E-state index contributed by atoms with van der Waals surface area (Å²) in [6, 6.07) is 14.5. The van der Waals surface area contributed by atoms with Crippen LogP contribution in [-0.2, 0) is 24.2 Å². The van der Waals surface area contributed by atoms with E-state index in [0.29, 0.717) is 6.42 Å². The molecule has 2 aromatic carbocycles. The van der Waals surface area contributed by atoms with Gasteiger partial charge in [-0.15, -0.1) is 0 Å². The van der Waals surface area contributed by atoms with Gasteiger partial charge in [0.15, 0.2) is 0 Å². The number of ether oxygens (including phenoxy) is 2. The third-order valence-electron chi connectivity index (χ3n) is 5.69. The molecule has 0 radical (unpaired) electrons. The molecule has 0 aromatic heterocycles. The van der Waals surface area contributed by atoms with Crippen LogP contribution in [0.1, 0.15) is 23.1 Å². The number of rotatable bonds is 6. The van der Waals surface area contributed by atoms with Crippen LogP contribution in [0.15, 0.2) is 42.5 Å². The Morgan fingerprint density at radius 1 is 1.11 bits per heavy atom. The first kappa shape index (κ1) is 18.8. The number of nitrogens with zero attached hydrogens (tertiary/aromatic N) is 2. The molecule has 1 fully saturated rings. The Bertz CT molecular complexity index is 828. The zero-order valence-corrected chi connectivity index (χ0v) is 16.5. The molecule has 0 N–H and O–H groups in total. The fourth-order valence-electron chi connectivity index (χ4n) is 4.06. The number of hydrogen-bond donors (Lipinski definition) is 0. The number of carbonyl (C=O) groups is 1. The second kappa shape index (κ2) is 8.65. The van der Waals surface area contributed by atoms with Gasteiger partial charge in [-0.1, -0.05) is 30.3 Å². The highest BCUT2D eigenvalue weighted by molar-refractivity contribution is 5.76. The molecular weight excluding hydrogens is 352 g/mol. The smallest absolute Gasteiger partial charge is 0.222 e. The molecule has 28 heavy (non-hydrogen) atoms. The van der Waals surface area contributed by atoms with Crippen LogP contribution in [0.2, 0.25) is 0 Å². The van der Waals surface area contributed by atoms with Crippen LogP contribution < -0.4 is 9.47 Å². The molecule has 2 aliphatic rings. The van der Waals surface area contributed by atoms with Crippen molar-refractivity contribution in [3.63, 3.8) is 0 Å². The Morgan fingerprint density at radius 3 is 2.75 bits per heavy atom. The lowest BCUT2D eigenvalue weighted by atomic mass is 10.1. The summed E-state index contributed by atoms with van der Waals surface area (Å²) in [6.45, 7) is 5.20. The largest absolute Gasteiger partial charge is 0.496 e. The number of para-hydroxylation sites is 1. The number of hydrogen-bond acceptors (Lipinski definition) is 4. The van der Waals surface area contributed by atoms with Gasteiger partial charge in [-0.25, -0.2) is 0 Å². The van der Waals surface area contributed by atoms with Gasteiger partial charge >= 0.3 is 0 Å². The molecule has 5 heteroatoms. The van der Waals surface area contributed by atoms with Crippen molar-refractivity contribution in [2.75, 3.05) is 39.9 Å². The summed E-state index contributed by atoms with van der Waals surface area (Å²) in [7, 11) is 1.67. The van der Waals surface area contributed by atoms with Crippen LogP contribution in [0, 0.1) is 0 Å².